The third-order valence-electron chi connectivity index (χ3n) is 3.67. The molecular weight excluding hydrogens is 314 g/mol. The van der Waals surface area contributed by atoms with Gasteiger partial charge in [0.25, 0.3) is 5.70 Å². The van der Waals surface area contributed by atoms with Crippen molar-refractivity contribution in [2.24, 2.45) is 0 Å². The number of ether oxygens (including phenoxy) is 2. The van der Waals surface area contributed by atoms with Crippen molar-refractivity contribution in [3.63, 3.8) is 0 Å². The Hall–Kier alpha value is -2.90. The van der Waals surface area contributed by atoms with Crippen LogP contribution >= 0.6 is 0 Å². The number of benzene rings is 2. The monoisotopic (exact) mass is 335 g/mol. The fraction of sp³-hybridized carbons (Fsp3) is 0.238. The van der Waals surface area contributed by atoms with Crippen LogP contribution < -0.4 is 0 Å². The minimum atomic E-state index is -0.598. The van der Waals surface area contributed by atoms with Crippen LogP contribution in [-0.2, 0) is 27.5 Å². The van der Waals surface area contributed by atoms with E-state index in [0.29, 0.717) is 18.6 Å². The van der Waals surface area contributed by atoms with Crippen molar-refractivity contribution in [1.82, 2.24) is 0 Å². The Bertz CT molecular complexity index is 746. The second kappa shape index (κ2) is 10.1. The number of carbonyl (C=O) groups is 1. The lowest BCUT2D eigenvalue weighted by molar-refractivity contribution is -0.140. The summed E-state index contributed by atoms with van der Waals surface area (Å²) in [4.78, 5) is 15.6. The first-order valence-electron chi connectivity index (χ1n) is 8.16. The SMILES string of the molecule is [C-]#[N+]/C(C(=O)OCc1ccccc1)=C(/CC)COCc1ccccc1. The highest BCUT2D eigenvalue weighted by molar-refractivity contribution is 5.91. The maximum Gasteiger partial charge on any atom is 0.336 e. The summed E-state index contributed by atoms with van der Waals surface area (Å²) < 4.78 is 10.9. The van der Waals surface area contributed by atoms with Crippen LogP contribution in [0.2, 0.25) is 0 Å². The zero-order chi connectivity index (χ0) is 17.9. The summed E-state index contributed by atoms with van der Waals surface area (Å²) in [5.41, 5.74) is 2.61. The lowest BCUT2D eigenvalue weighted by atomic mass is 10.1. The molecule has 4 nitrogen and oxygen atoms in total. The second-order valence-corrected chi connectivity index (χ2v) is 5.46. The average Bonchev–Trinajstić information content (AvgIpc) is 2.67. The summed E-state index contributed by atoms with van der Waals surface area (Å²) in [6.45, 7) is 10.0. The molecule has 0 heterocycles. The van der Waals surface area contributed by atoms with Crippen LogP contribution in [-0.4, -0.2) is 12.6 Å². The quantitative estimate of drug-likeness (QED) is 0.404. The van der Waals surface area contributed by atoms with Crippen LogP contribution in [0, 0.1) is 6.57 Å². The maximum absolute atomic E-state index is 12.2. The normalized spacial score (nSPS) is 11.4. The number of rotatable bonds is 8. The molecule has 0 fully saturated rings. The molecule has 0 atom stereocenters. The standard InChI is InChI=1S/C21H21NO3/c1-3-19(16-24-14-17-10-6-4-7-11-17)20(22-2)21(23)25-15-18-12-8-5-9-13-18/h4-13H,3,14-16H2,1H3/b20-19-. The van der Waals surface area contributed by atoms with Gasteiger partial charge in [-0.05, 0) is 23.1 Å². The first kappa shape index (κ1) is 18.4. The molecule has 0 saturated heterocycles. The number of nitrogens with zero attached hydrogens (tertiary/aromatic N) is 1. The van der Waals surface area contributed by atoms with E-state index in [-0.39, 0.29) is 18.9 Å². The summed E-state index contributed by atoms with van der Waals surface area (Å²) in [5.74, 6) is -0.598. The number of hydrogen-bond donors (Lipinski definition) is 0. The summed E-state index contributed by atoms with van der Waals surface area (Å²) >= 11 is 0. The van der Waals surface area contributed by atoms with Gasteiger partial charge in [-0.15, -0.1) is 0 Å². The van der Waals surface area contributed by atoms with Crippen LogP contribution in [0.1, 0.15) is 24.5 Å². The van der Waals surface area contributed by atoms with Crippen molar-refractivity contribution >= 4 is 5.97 Å². The zero-order valence-electron chi connectivity index (χ0n) is 14.3. The van der Waals surface area contributed by atoms with Gasteiger partial charge in [0.1, 0.15) is 6.61 Å². The lowest BCUT2D eigenvalue weighted by Crippen LogP contribution is -2.11. The molecule has 25 heavy (non-hydrogen) atoms. The third kappa shape index (κ3) is 5.91. The van der Waals surface area contributed by atoms with Gasteiger partial charge in [-0.1, -0.05) is 67.6 Å². The molecule has 4 heteroatoms. The summed E-state index contributed by atoms with van der Waals surface area (Å²) in [6.07, 6.45) is 0.562. The second-order valence-electron chi connectivity index (χ2n) is 5.46. The molecule has 0 radical (unpaired) electrons. The smallest absolute Gasteiger partial charge is 0.336 e. The number of carbonyl (C=O) groups excluding carboxylic acids is 1. The number of hydrogen-bond acceptors (Lipinski definition) is 3. The Kier molecular flexibility index (Phi) is 7.42. The van der Waals surface area contributed by atoms with Crippen LogP contribution in [0.25, 0.3) is 4.85 Å². The van der Waals surface area contributed by atoms with E-state index in [2.05, 4.69) is 4.85 Å². The molecule has 2 aromatic rings. The van der Waals surface area contributed by atoms with E-state index < -0.39 is 5.97 Å². The van der Waals surface area contributed by atoms with Gasteiger partial charge >= 0.3 is 5.97 Å². The molecule has 0 unspecified atom stereocenters. The van der Waals surface area contributed by atoms with E-state index in [1.165, 1.54) is 0 Å². The van der Waals surface area contributed by atoms with Crippen LogP contribution in [0.3, 0.4) is 0 Å². The van der Waals surface area contributed by atoms with E-state index in [0.717, 1.165) is 11.1 Å². The number of esters is 1. The van der Waals surface area contributed by atoms with Crippen molar-refractivity contribution in [2.75, 3.05) is 6.61 Å². The molecule has 0 bridgehead atoms. The van der Waals surface area contributed by atoms with Crippen LogP contribution in [0.4, 0.5) is 0 Å². The lowest BCUT2D eigenvalue weighted by Gasteiger charge is -2.10. The predicted octanol–water partition coefficient (Wildman–Crippen LogP) is 4.53. The molecule has 0 aliphatic carbocycles. The zero-order valence-corrected chi connectivity index (χ0v) is 14.3. The molecule has 2 rings (SSSR count). The Labute approximate surface area is 148 Å². The molecular formula is C21H21NO3. The Morgan fingerprint density at radius 1 is 0.960 bits per heavy atom. The van der Waals surface area contributed by atoms with Gasteiger partial charge in [0.2, 0.25) is 0 Å². The highest BCUT2D eigenvalue weighted by atomic mass is 16.5. The third-order valence-corrected chi connectivity index (χ3v) is 3.67. The van der Waals surface area contributed by atoms with Crippen LogP contribution in [0.15, 0.2) is 71.9 Å². The van der Waals surface area contributed by atoms with Crippen molar-refractivity contribution in [1.29, 1.82) is 0 Å². The maximum atomic E-state index is 12.2. The Morgan fingerprint density at radius 2 is 1.52 bits per heavy atom. The first-order valence-corrected chi connectivity index (χ1v) is 8.16. The van der Waals surface area contributed by atoms with Crippen molar-refractivity contribution < 1.29 is 14.3 Å². The Balaban J connectivity index is 1.95. The van der Waals surface area contributed by atoms with Gasteiger partial charge < -0.3 is 9.47 Å². The van der Waals surface area contributed by atoms with Gasteiger partial charge in [-0.25, -0.2) is 4.85 Å². The van der Waals surface area contributed by atoms with Crippen molar-refractivity contribution in [2.45, 2.75) is 26.6 Å². The van der Waals surface area contributed by atoms with Gasteiger partial charge in [0.05, 0.1) is 19.8 Å². The van der Waals surface area contributed by atoms with E-state index in [1.54, 1.807) is 0 Å². The summed E-state index contributed by atoms with van der Waals surface area (Å²) in [6, 6.07) is 19.2. The van der Waals surface area contributed by atoms with Crippen LogP contribution in [0.5, 0.6) is 0 Å². The first-order chi connectivity index (χ1) is 12.2. The molecule has 0 aliphatic heterocycles. The van der Waals surface area contributed by atoms with Gasteiger partial charge in [-0.2, -0.15) is 0 Å². The van der Waals surface area contributed by atoms with Gasteiger partial charge in [0, 0.05) is 0 Å². The minimum absolute atomic E-state index is 0.0199. The topological polar surface area (TPSA) is 39.9 Å². The highest BCUT2D eigenvalue weighted by Gasteiger charge is 2.17. The molecule has 2 aromatic carbocycles. The van der Waals surface area contributed by atoms with Gasteiger partial charge in [0.15, 0.2) is 0 Å². The van der Waals surface area contributed by atoms with Crippen molar-refractivity contribution in [3.05, 3.63) is 94.5 Å². The molecule has 0 aliphatic rings. The molecule has 0 aromatic heterocycles. The largest absolute Gasteiger partial charge is 0.466 e. The fourth-order valence-electron chi connectivity index (χ4n) is 2.26. The predicted molar refractivity (Wildman–Crippen MR) is 96.3 cm³/mol. The Morgan fingerprint density at radius 3 is 2.04 bits per heavy atom. The van der Waals surface area contributed by atoms with E-state index in [9.17, 15) is 4.79 Å². The van der Waals surface area contributed by atoms with E-state index >= 15 is 0 Å². The molecule has 0 amide bonds. The van der Waals surface area contributed by atoms with Crippen molar-refractivity contribution in [3.8, 4) is 0 Å². The van der Waals surface area contributed by atoms with Gasteiger partial charge in [-0.3, -0.25) is 4.79 Å². The highest BCUT2D eigenvalue weighted by Crippen LogP contribution is 2.15. The average molecular weight is 335 g/mol. The summed E-state index contributed by atoms with van der Waals surface area (Å²) in [5, 5.41) is 0. The molecule has 0 saturated carbocycles. The van der Waals surface area contributed by atoms with E-state index in [4.69, 9.17) is 16.0 Å². The molecule has 0 N–H and O–H groups in total. The molecule has 0 spiro atoms. The summed E-state index contributed by atoms with van der Waals surface area (Å²) in [7, 11) is 0. The minimum Gasteiger partial charge on any atom is -0.466 e. The van der Waals surface area contributed by atoms with E-state index in [1.807, 2.05) is 67.6 Å². The fourth-order valence-corrected chi connectivity index (χ4v) is 2.26. The molecule has 128 valence electrons.